The number of carbonyl (C=O) groups is 2. The van der Waals surface area contributed by atoms with E-state index in [0.29, 0.717) is 5.56 Å². The fourth-order valence-corrected chi connectivity index (χ4v) is 2.63. The zero-order valence-electron chi connectivity index (χ0n) is 13.4. The minimum atomic E-state index is -1.15. The van der Waals surface area contributed by atoms with E-state index in [0.717, 1.165) is 5.56 Å². The second-order valence-corrected chi connectivity index (χ2v) is 5.94. The third-order valence-corrected chi connectivity index (χ3v) is 3.74. The lowest BCUT2D eigenvalue weighted by molar-refractivity contribution is 0.0696. The van der Waals surface area contributed by atoms with Gasteiger partial charge in [-0.3, -0.25) is 10.1 Å². The number of aryl methyl sites for hydroxylation is 1. The number of amides is 1. The van der Waals surface area contributed by atoms with Crippen LogP contribution in [0, 0.1) is 6.92 Å². The first kappa shape index (κ1) is 18.7. The van der Waals surface area contributed by atoms with Crippen molar-refractivity contribution in [3.8, 4) is 5.75 Å². The molecule has 130 valence electrons. The second-order valence-electron chi connectivity index (χ2n) is 5.12. The van der Waals surface area contributed by atoms with Crippen LogP contribution in [0.5, 0.6) is 5.75 Å². The molecular weight excluding hydrogens is 364 g/mol. The molecule has 0 saturated carbocycles. The predicted molar refractivity (Wildman–Crippen MR) is 99.8 cm³/mol. The summed E-state index contributed by atoms with van der Waals surface area (Å²) in [5.41, 5.74) is 1.59. The number of benzene rings is 2. The Hall–Kier alpha value is -2.64. The van der Waals surface area contributed by atoms with Gasteiger partial charge in [0.05, 0.1) is 23.4 Å². The van der Waals surface area contributed by atoms with Crippen LogP contribution in [-0.4, -0.2) is 29.2 Å². The highest BCUT2D eigenvalue weighted by Crippen LogP contribution is 2.34. The first-order chi connectivity index (χ1) is 11.8. The number of carbonyl (C=O) groups excluding carboxylic acids is 1. The van der Waals surface area contributed by atoms with E-state index in [1.165, 1.54) is 19.2 Å². The minimum Gasteiger partial charge on any atom is -0.493 e. The molecule has 0 atom stereocenters. The molecule has 2 aromatic carbocycles. The Bertz CT molecular complexity index is 855. The third kappa shape index (κ3) is 4.68. The standard InChI is InChI=1S/C17H15ClN2O4S/c1-9-4-3-5-10(6-9)15(21)20-17(25)19-13-8-11(16(22)23)7-12(18)14(13)24-2/h3-8H,1-2H3,(H,22,23)(H2,19,20,21,25). The molecule has 2 rings (SSSR count). The van der Waals surface area contributed by atoms with Crippen LogP contribution in [-0.2, 0) is 0 Å². The van der Waals surface area contributed by atoms with E-state index >= 15 is 0 Å². The Morgan fingerprint density at radius 2 is 1.92 bits per heavy atom. The summed E-state index contributed by atoms with van der Waals surface area (Å²) >= 11 is 11.1. The number of methoxy groups -OCH3 is 1. The number of ether oxygens (including phenoxy) is 1. The molecule has 3 N–H and O–H groups in total. The van der Waals surface area contributed by atoms with Gasteiger partial charge in [0.1, 0.15) is 0 Å². The summed E-state index contributed by atoms with van der Waals surface area (Å²) in [6.07, 6.45) is 0. The molecule has 25 heavy (non-hydrogen) atoms. The highest BCUT2D eigenvalue weighted by Gasteiger charge is 2.16. The average Bonchev–Trinajstić information content (AvgIpc) is 2.54. The van der Waals surface area contributed by atoms with Gasteiger partial charge in [0, 0.05) is 5.56 Å². The highest BCUT2D eigenvalue weighted by atomic mass is 35.5. The summed E-state index contributed by atoms with van der Waals surface area (Å²) in [6, 6.07) is 9.60. The lowest BCUT2D eigenvalue weighted by atomic mass is 10.1. The summed E-state index contributed by atoms with van der Waals surface area (Å²) in [5, 5.41) is 14.5. The Labute approximate surface area is 154 Å². The normalized spacial score (nSPS) is 10.0. The quantitative estimate of drug-likeness (QED) is 0.706. The number of rotatable bonds is 4. The number of nitrogens with one attached hydrogen (secondary N) is 2. The zero-order chi connectivity index (χ0) is 18.6. The van der Waals surface area contributed by atoms with Gasteiger partial charge in [-0.1, -0.05) is 29.3 Å². The van der Waals surface area contributed by atoms with Crippen molar-refractivity contribution in [2.75, 3.05) is 12.4 Å². The fourth-order valence-electron chi connectivity index (χ4n) is 2.13. The molecule has 0 aliphatic carbocycles. The SMILES string of the molecule is COc1c(Cl)cc(C(=O)O)cc1NC(=S)NC(=O)c1cccc(C)c1. The molecule has 0 saturated heterocycles. The minimum absolute atomic E-state index is 0.0107. The zero-order valence-corrected chi connectivity index (χ0v) is 15.0. The van der Waals surface area contributed by atoms with Crippen molar-refractivity contribution in [3.63, 3.8) is 0 Å². The number of halogens is 1. The van der Waals surface area contributed by atoms with Crippen molar-refractivity contribution in [1.29, 1.82) is 0 Å². The first-order valence-corrected chi connectivity index (χ1v) is 7.90. The number of hydrogen-bond donors (Lipinski definition) is 3. The topological polar surface area (TPSA) is 87.7 Å². The number of carboxylic acids is 1. The third-order valence-electron chi connectivity index (χ3n) is 3.25. The van der Waals surface area contributed by atoms with Gasteiger partial charge >= 0.3 is 5.97 Å². The van der Waals surface area contributed by atoms with E-state index in [1.807, 2.05) is 13.0 Å². The molecule has 0 fully saturated rings. The van der Waals surface area contributed by atoms with Crippen LogP contribution < -0.4 is 15.4 Å². The molecule has 2 aromatic rings. The van der Waals surface area contributed by atoms with Gasteiger partial charge in [-0.05, 0) is 43.4 Å². The average molecular weight is 379 g/mol. The lowest BCUT2D eigenvalue weighted by Crippen LogP contribution is -2.34. The van der Waals surface area contributed by atoms with Crippen LogP contribution in [0.2, 0.25) is 5.02 Å². The summed E-state index contributed by atoms with van der Waals surface area (Å²) in [7, 11) is 1.39. The maximum Gasteiger partial charge on any atom is 0.335 e. The van der Waals surface area contributed by atoms with Gasteiger partial charge in [0.2, 0.25) is 0 Å². The van der Waals surface area contributed by atoms with E-state index in [1.54, 1.807) is 18.2 Å². The maximum atomic E-state index is 12.2. The Kier molecular flexibility index (Phi) is 5.95. The molecular formula is C17H15ClN2O4S. The Morgan fingerprint density at radius 3 is 2.52 bits per heavy atom. The van der Waals surface area contributed by atoms with Gasteiger partial charge in [-0.25, -0.2) is 4.79 Å². The van der Waals surface area contributed by atoms with Crippen LogP contribution in [0.1, 0.15) is 26.3 Å². The lowest BCUT2D eigenvalue weighted by Gasteiger charge is -2.15. The molecule has 0 bridgehead atoms. The van der Waals surface area contributed by atoms with Crippen LogP contribution in [0.25, 0.3) is 0 Å². The molecule has 0 heterocycles. The number of thiocarbonyl (C=S) groups is 1. The predicted octanol–water partition coefficient (Wildman–Crippen LogP) is 3.48. The van der Waals surface area contributed by atoms with Crippen LogP contribution in [0.3, 0.4) is 0 Å². The Balaban J connectivity index is 2.19. The molecule has 0 spiro atoms. The van der Waals surface area contributed by atoms with E-state index in [9.17, 15) is 9.59 Å². The monoisotopic (exact) mass is 378 g/mol. The molecule has 0 aliphatic rings. The number of carboxylic acid groups (broad SMARTS) is 1. The molecule has 1 amide bonds. The van der Waals surface area contributed by atoms with Gasteiger partial charge in [-0.15, -0.1) is 0 Å². The van der Waals surface area contributed by atoms with E-state index in [2.05, 4.69) is 10.6 Å². The Morgan fingerprint density at radius 1 is 1.20 bits per heavy atom. The summed E-state index contributed by atoms with van der Waals surface area (Å²) in [6.45, 7) is 1.87. The molecule has 0 aromatic heterocycles. The molecule has 6 nitrogen and oxygen atoms in total. The number of aromatic carboxylic acids is 1. The molecule has 0 unspecified atom stereocenters. The first-order valence-electron chi connectivity index (χ1n) is 7.11. The second kappa shape index (κ2) is 7.96. The van der Waals surface area contributed by atoms with E-state index in [-0.39, 0.29) is 33.0 Å². The van der Waals surface area contributed by atoms with Gasteiger partial charge in [-0.2, -0.15) is 0 Å². The number of anilines is 1. The molecule has 0 radical (unpaired) electrons. The van der Waals surface area contributed by atoms with Crippen molar-refractivity contribution < 1.29 is 19.4 Å². The largest absolute Gasteiger partial charge is 0.493 e. The highest BCUT2D eigenvalue weighted by molar-refractivity contribution is 7.80. The van der Waals surface area contributed by atoms with Crippen molar-refractivity contribution in [3.05, 3.63) is 58.1 Å². The van der Waals surface area contributed by atoms with Crippen LogP contribution in [0.4, 0.5) is 5.69 Å². The van der Waals surface area contributed by atoms with Gasteiger partial charge in [0.25, 0.3) is 5.91 Å². The number of hydrogen-bond acceptors (Lipinski definition) is 4. The summed E-state index contributed by atoms with van der Waals surface area (Å²) in [4.78, 5) is 23.4. The van der Waals surface area contributed by atoms with Crippen molar-refractivity contribution in [2.24, 2.45) is 0 Å². The summed E-state index contributed by atoms with van der Waals surface area (Å²) in [5.74, 6) is -1.32. The van der Waals surface area contributed by atoms with E-state index in [4.69, 9.17) is 33.7 Å². The van der Waals surface area contributed by atoms with Gasteiger partial charge < -0.3 is 15.2 Å². The van der Waals surface area contributed by atoms with Crippen molar-refractivity contribution >= 4 is 46.5 Å². The van der Waals surface area contributed by atoms with Crippen molar-refractivity contribution in [1.82, 2.24) is 5.32 Å². The van der Waals surface area contributed by atoms with Crippen LogP contribution >= 0.6 is 23.8 Å². The summed E-state index contributed by atoms with van der Waals surface area (Å²) < 4.78 is 5.16. The van der Waals surface area contributed by atoms with Crippen molar-refractivity contribution in [2.45, 2.75) is 6.92 Å². The van der Waals surface area contributed by atoms with Crippen LogP contribution in [0.15, 0.2) is 36.4 Å². The fraction of sp³-hybridized carbons (Fsp3) is 0.118. The molecule has 8 heteroatoms. The maximum absolute atomic E-state index is 12.2. The molecule has 0 aliphatic heterocycles. The van der Waals surface area contributed by atoms with E-state index < -0.39 is 5.97 Å². The smallest absolute Gasteiger partial charge is 0.335 e. The van der Waals surface area contributed by atoms with Gasteiger partial charge in [0.15, 0.2) is 10.9 Å².